The molecule has 2 saturated heterocycles. The van der Waals surface area contributed by atoms with Gasteiger partial charge < -0.3 is 14.8 Å². The Morgan fingerprint density at radius 3 is 2.09 bits per heavy atom. The summed E-state index contributed by atoms with van der Waals surface area (Å²) in [5, 5.41) is 16.6. The van der Waals surface area contributed by atoms with Crippen LogP contribution < -0.4 is 10.2 Å². The van der Waals surface area contributed by atoms with Crippen molar-refractivity contribution in [1.29, 1.82) is 0 Å². The maximum atomic E-state index is 13.2. The average Bonchev–Trinajstić information content (AvgIpc) is 3.18. The zero-order valence-corrected chi connectivity index (χ0v) is 20.6. The van der Waals surface area contributed by atoms with Crippen LogP contribution in [0.2, 0.25) is 5.15 Å². The lowest BCUT2D eigenvalue weighted by atomic mass is 10.00. The van der Waals surface area contributed by atoms with Gasteiger partial charge in [0.2, 0.25) is 0 Å². The van der Waals surface area contributed by atoms with E-state index in [-0.39, 0.29) is 22.5 Å². The van der Waals surface area contributed by atoms with Crippen molar-refractivity contribution in [1.82, 2.24) is 25.3 Å². The number of nitrogens with one attached hydrogen (secondary N) is 1. The van der Waals surface area contributed by atoms with Gasteiger partial charge in [0.05, 0.1) is 11.6 Å². The van der Waals surface area contributed by atoms with Gasteiger partial charge in [-0.25, -0.2) is 9.59 Å². The standard InChI is InChI=1S/C22H31ClN6O4/c1-21(2,3)32-19(30)28(20(31)33-22(4,5)6)18-17-15(11-16(23)25-26-17)29(27-18)14-9-12-7-8-13(10-14)24-12/h11-14,24H,7-10H2,1-6H3. The quantitative estimate of drug-likeness (QED) is 0.665. The van der Waals surface area contributed by atoms with Crippen molar-refractivity contribution in [3.8, 4) is 0 Å². The summed E-state index contributed by atoms with van der Waals surface area (Å²) in [5.74, 6) is 0.0172. The second-order valence-corrected chi connectivity index (χ2v) is 11.1. The van der Waals surface area contributed by atoms with Gasteiger partial charge in [-0.1, -0.05) is 11.6 Å². The number of rotatable bonds is 2. The van der Waals surface area contributed by atoms with Crippen LogP contribution in [0, 0.1) is 0 Å². The Bertz CT molecular complexity index is 1030. The summed E-state index contributed by atoms with van der Waals surface area (Å²) < 4.78 is 12.8. The molecule has 2 aromatic rings. The van der Waals surface area contributed by atoms with Crippen molar-refractivity contribution >= 4 is 40.6 Å². The molecule has 0 radical (unpaired) electrons. The summed E-state index contributed by atoms with van der Waals surface area (Å²) in [5.41, 5.74) is -0.784. The number of hydrogen-bond acceptors (Lipinski definition) is 8. The molecule has 2 fully saturated rings. The molecule has 2 unspecified atom stereocenters. The molecule has 180 valence electrons. The van der Waals surface area contributed by atoms with Crippen LogP contribution in [0.25, 0.3) is 11.0 Å². The molecule has 2 amide bonds. The number of ether oxygens (including phenoxy) is 2. The van der Waals surface area contributed by atoms with Gasteiger partial charge in [0.25, 0.3) is 0 Å². The van der Waals surface area contributed by atoms with Gasteiger partial charge in [0, 0.05) is 18.2 Å². The third-order valence-corrected chi connectivity index (χ3v) is 5.75. The summed E-state index contributed by atoms with van der Waals surface area (Å²) in [4.78, 5) is 27.1. The first-order valence-electron chi connectivity index (χ1n) is 11.2. The minimum atomic E-state index is -0.898. The van der Waals surface area contributed by atoms with Crippen molar-refractivity contribution in [3.05, 3.63) is 11.2 Å². The number of hydrogen-bond donors (Lipinski definition) is 1. The Morgan fingerprint density at radius 2 is 1.58 bits per heavy atom. The fraction of sp³-hybridized carbons (Fsp3) is 0.682. The molecule has 2 atom stereocenters. The van der Waals surface area contributed by atoms with Gasteiger partial charge in [-0.15, -0.1) is 10.2 Å². The number of halogens is 1. The Balaban J connectivity index is 1.81. The van der Waals surface area contributed by atoms with Crippen LogP contribution in [-0.2, 0) is 9.47 Å². The van der Waals surface area contributed by atoms with Crippen LogP contribution in [0.15, 0.2) is 6.07 Å². The smallest absolute Gasteiger partial charge is 0.425 e. The number of amides is 2. The van der Waals surface area contributed by atoms with Crippen molar-refractivity contribution in [3.63, 3.8) is 0 Å². The lowest BCUT2D eigenvalue weighted by molar-refractivity contribution is 0.0429. The predicted molar refractivity (Wildman–Crippen MR) is 123 cm³/mol. The van der Waals surface area contributed by atoms with Crippen LogP contribution in [0.4, 0.5) is 15.4 Å². The highest BCUT2D eigenvalue weighted by Crippen LogP contribution is 2.37. The van der Waals surface area contributed by atoms with E-state index in [9.17, 15) is 9.59 Å². The molecule has 4 heterocycles. The first-order chi connectivity index (χ1) is 15.3. The summed E-state index contributed by atoms with van der Waals surface area (Å²) in [6.07, 6.45) is 2.21. The van der Waals surface area contributed by atoms with Crippen LogP contribution in [0.1, 0.15) is 73.3 Å². The van der Waals surface area contributed by atoms with Crippen LogP contribution in [0.3, 0.4) is 0 Å². The fourth-order valence-corrected chi connectivity index (χ4v) is 4.56. The molecule has 0 saturated carbocycles. The number of carbonyl (C=O) groups is 2. The van der Waals surface area contributed by atoms with Crippen molar-refractivity contribution in [2.45, 2.75) is 96.6 Å². The molecule has 0 aliphatic carbocycles. The fourth-order valence-electron chi connectivity index (χ4n) is 4.41. The van der Waals surface area contributed by atoms with Crippen molar-refractivity contribution in [2.75, 3.05) is 4.90 Å². The van der Waals surface area contributed by atoms with Crippen molar-refractivity contribution in [2.24, 2.45) is 0 Å². The Kier molecular flexibility index (Phi) is 6.03. The normalized spacial score (nSPS) is 22.9. The lowest BCUT2D eigenvalue weighted by Crippen LogP contribution is -2.44. The van der Waals surface area contributed by atoms with Gasteiger partial charge in [0.15, 0.2) is 16.5 Å². The molecule has 0 aromatic carbocycles. The van der Waals surface area contributed by atoms with E-state index in [2.05, 4.69) is 15.5 Å². The summed E-state index contributed by atoms with van der Waals surface area (Å²) in [6, 6.07) is 2.55. The van der Waals surface area contributed by atoms with E-state index in [0.717, 1.165) is 30.6 Å². The zero-order chi connectivity index (χ0) is 24.1. The minimum absolute atomic E-state index is 0.0172. The maximum absolute atomic E-state index is 13.2. The topological polar surface area (TPSA) is 111 Å². The van der Waals surface area contributed by atoms with E-state index in [1.165, 1.54) is 0 Å². The van der Waals surface area contributed by atoms with E-state index >= 15 is 0 Å². The minimum Gasteiger partial charge on any atom is -0.443 e. The Labute approximate surface area is 197 Å². The highest BCUT2D eigenvalue weighted by atomic mass is 35.5. The molecular weight excluding hydrogens is 448 g/mol. The second-order valence-electron chi connectivity index (χ2n) is 10.7. The zero-order valence-electron chi connectivity index (χ0n) is 19.9. The maximum Gasteiger partial charge on any atom is 0.425 e. The number of carbonyl (C=O) groups excluding carboxylic acids is 2. The predicted octanol–water partition coefficient (Wildman–Crippen LogP) is 4.61. The van der Waals surface area contributed by atoms with E-state index < -0.39 is 23.4 Å². The first-order valence-corrected chi connectivity index (χ1v) is 11.6. The molecule has 2 aromatic heterocycles. The molecule has 2 bridgehead atoms. The number of imide groups is 1. The molecule has 4 rings (SSSR count). The van der Waals surface area contributed by atoms with Gasteiger partial charge in [-0.2, -0.15) is 10.00 Å². The molecule has 2 aliphatic rings. The molecular formula is C22H31ClN6O4. The van der Waals surface area contributed by atoms with E-state index in [0.29, 0.717) is 17.6 Å². The largest absolute Gasteiger partial charge is 0.443 e. The molecule has 33 heavy (non-hydrogen) atoms. The lowest BCUT2D eigenvalue weighted by Gasteiger charge is -2.30. The molecule has 0 spiro atoms. The van der Waals surface area contributed by atoms with Gasteiger partial charge >= 0.3 is 12.2 Å². The third-order valence-electron chi connectivity index (χ3n) is 5.56. The molecule has 2 aliphatic heterocycles. The SMILES string of the molecule is CC(C)(C)OC(=O)N(C(=O)OC(C)(C)C)c1nn(C2CC3CCC(C2)N3)c2cc(Cl)nnc12. The summed E-state index contributed by atoms with van der Waals surface area (Å²) >= 11 is 6.16. The first kappa shape index (κ1) is 23.7. The number of nitrogens with zero attached hydrogens (tertiary/aromatic N) is 5. The number of aromatic nitrogens is 4. The van der Waals surface area contributed by atoms with Gasteiger partial charge in [0.1, 0.15) is 11.2 Å². The molecule has 10 nitrogen and oxygen atoms in total. The van der Waals surface area contributed by atoms with Crippen LogP contribution in [-0.4, -0.2) is 55.5 Å². The van der Waals surface area contributed by atoms with E-state index in [1.54, 1.807) is 47.6 Å². The van der Waals surface area contributed by atoms with E-state index in [4.69, 9.17) is 26.2 Å². The number of anilines is 1. The van der Waals surface area contributed by atoms with Crippen molar-refractivity contribution < 1.29 is 19.1 Å². The number of piperidine rings is 1. The van der Waals surface area contributed by atoms with Gasteiger partial charge in [-0.05, 0) is 67.2 Å². The van der Waals surface area contributed by atoms with Crippen LogP contribution in [0.5, 0.6) is 0 Å². The summed E-state index contributed by atoms with van der Waals surface area (Å²) in [7, 11) is 0. The summed E-state index contributed by atoms with van der Waals surface area (Å²) in [6.45, 7) is 10.3. The van der Waals surface area contributed by atoms with Crippen LogP contribution >= 0.6 is 11.6 Å². The van der Waals surface area contributed by atoms with E-state index in [1.807, 2.05) is 4.68 Å². The number of fused-ring (bicyclic) bond motifs is 3. The average molecular weight is 479 g/mol. The highest BCUT2D eigenvalue weighted by molar-refractivity contribution is 6.30. The monoisotopic (exact) mass is 478 g/mol. The third kappa shape index (κ3) is 5.22. The Morgan fingerprint density at radius 1 is 1.03 bits per heavy atom. The Hall–Kier alpha value is -2.46. The second kappa shape index (κ2) is 8.39. The highest BCUT2D eigenvalue weighted by Gasteiger charge is 2.39. The molecule has 11 heteroatoms. The molecule has 1 N–H and O–H groups in total. The van der Waals surface area contributed by atoms with Gasteiger partial charge in [-0.3, -0.25) is 4.68 Å².